The van der Waals surface area contributed by atoms with Crippen LogP contribution in [0.4, 0.5) is 10.5 Å². The SMILES string of the molecule is C[C@@H](CC/C=C/C(=O)NO)[C@@H](OC(=O)Nc1ccc(C#N)cc1)c1cc(Br)ccc1O. The van der Waals surface area contributed by atoms with Gasteiger partial charge in [0.25, 0.3) is 5.91 Å². The predicted octanol–water partition coefficient (Wildman–Crippen LogP) is 4.79. The van der Waals surface area contributed by atoms with E-state index in [-0.39, 0.29) is 11.7 Å². The zero-order chi connectivity index (χ0) is 22.8. The molecule has 0 heterocycles. The molecule has 31 heavy (non-hydrogen) atoms. The molecule has 0 unspecified atom stereocenters. The Bertz CT molecular complexity index is 986. The molecule has 2 atom stereocenters. The molecule has 0 aliphatic rings. The van der Waals surface area contributed by atoms with Crippen LogP contribution < -0.4 is 10.8 Å². The highest BCUT2D eigenvalue weighted by atomic mass is 79.9. The summed E-state index contributed by atoms with van der Waals surface area (Å²) < 4.78 is 6.37. The van der Waals surface area contributed by atoms with Crippen molar-refractivity contribution in [2.75, 3.05) is 5.32 Å². The standard InChI is InChI=1S/C22H22BrN3O5/c1-14(4-2-3-5-20(28)26-30)21(18-12-16(23)8-11-19(18)27)31-22(29)25-17-9-6-15(13-24)7-10-17/h3,5-12,14,21,27,30H,2,4H2,1H3,(H,25,29)(H,26,28)/b5-3+/t14-,21+/m0/s1. The second kappa shape index (κ2) is 11.7. The van der Waals surface area contributed by atoms with Crippen LogP contribution in [0.5, 0.6) is 5.75 Å². The van der Waals surface area contributed by atoms with Crippen molar-refractivity contribution < 1.29 is 24.6 Å². The van der Waals surface area contributed by atoms with E-state index in [1.807, 2.05) is 13.0 Å². The van der Waals surface area contributed by atoms with Gasteiger partial charge in [-0.05, 0) is 61.2 Å². The van der Waals surface area contributed by atoms with Crippen LogP contribution >= 0.6 is 15.9 Å². The molecule has 8 nitrogen and oxygen atoms in total. The number of benzene rings is 2. The van der Waals surface area contributed by atoms with E-state index in [4.69, 9.17) is 15.2 Å². The van der Waals surface area contributed by atoms with Gasteiger partial charge in [-0.15, -0.1) is 0 Å². The van der Waals surface area contributed by atoms with E-state index in [2.05, 4.69) is 21.2 Å². The van der Waals surface area contributed by atoms with Gasteiger partial charge in [-0.1, -0.05) is 28.9 Å². The molecule has 2 rings (SSSR count). The number of carbonyl (C=O) groups excluding carboxylic acids is 2. The molecule has 4 N–H and O–H groups in total. The summed E-state index contributed by atoms with van der Waals surface area (Å²) in [7, 11) is 0. The lowest BCUT2D eigenvalue weighted by molar-refractivity contribution is -0.124. The van der Waals surface area contributed by atoms with Crippen molar-refractivity contribution >= 4 is 33.6 Å². The number of hydroxylamine groups is 1. The summed E-state index contributed by atoms with van der Waals surface area (Å²) in [5, 5.41) is 30.3. The number of phenolic OH excluding ortho intramolecular Hbond substituents is 1. The molecule has 2 amide bonds. The first-order chi connectivity index (χ1) is 14.8. The molecule has 0 fully saturated rings. The third-order valence-corrected chi connectivity index (χ3v) is 4.97. The lowest BCUT2D eigenvalue weighted by Crippen LogP contribution is -2.22. The minimum absolute atomic E-state index is 0.0126. The molecule has 9 heteroatoms. The van der Waals surface area contributed by atoms with E-state index in [1.165, 1.54) is 17.6 Å². The number of nitriles is 1. The molecule has 0 spiro atoms. The molecule has 2 aromatic rings. The number of nitrogens with one attached hydrogen (secondary N) is 2. The first-order valence-corrected chi connectivity index (χ1v) is 10.2. The van der Waals surface area contributed by atoms with Crippen LogP contribution in [0, 0.1) is 17.2 Å². The number of hydrogen-bond donors (Lipinski definition) is 4. The molecular formula is C22H22BrN3O5. The van der Waals surface area contributed by atoms with E-state index in [9.17, 15) is 14.7 Å². The molecule has 0 radical (unpaired) electrons. The van der Waals surface area contributed by atoms with Crippen LogP contribution in [-0.2, 0) is 9.53 Å². The van der Waals surface area contributed by atoms with Gasteiger partial charge in [-0.25, -0.2) is 10.3 Å². The fourth-order valence-corrected chi connectivity index (χ4v) is 3.25. The zero-order valence-corrected chi connectivity index (χ0v) is 18.3. The van der Waals surface area contributed by atoms with Crippen LogP contribution in [0.25, 0.3) is 0 Å². The number of allylic oxidation sites excluding steroid dienone is 1. The monoisotopic (exact) mass is 487 g/mol. The Morgan fingerprint density at radius 3 is 2.61 bits per heavy atom. The summed E-state index contributed by atoms with van der Waals surface area (Å²) in [4.78, 5) is 23.6. The Morgan fingerprint density at radius 1 is 1.26 bits per heavy atom. The number of nitrogens with zero attached hydrogens (tertiary/aromatic N) is 1. The second-order valence-electron chi connectivity index (χ2n) is 6.78. The highest BCUT2D eigenvalue weighted by Crippen LogP contribution is 2.36. The van der Waals surface area contributed by atoms with E-state index < -0.39 is 18.1 Å². The van der Waals surface area contributed by atoms with Gasteiger partial charge in [-0.2, -0.15) is 5.26 Å². The van der Waals surface area contributed by atoms with Crippen molar-refractivity contribution in [1.29, 1.82) is 5.26 Å². The number of rotatable bonds is 8. The van der Waals surface area contributed by atoms with E-state index in [1.54, 1.807) is 42.5 Å². The highest BCUT2D eigenvalue weighted by Gasteiger charge is 2.26. The van der Waals surface area contributed by atoms with E-state index in [0.717, 1.165) is 0 Å². The Balaban J connectivity index is 2.15. The van der Waals surface area contributed by atoms with Crippen molar-refractivity contribution in [2.45, 2.75) is 25.9 Å². The Labute approximate surface area is 188 Å². The number of carbonyl (C=O) groups is 2. The second-order valence-corrected chi connectivity index (χ2v) is 7.69. The third kappa shape index (κ3) is 7.44. The Hall–Kier alpha value is -3.35. The summed E-state index contributed by atoms with van der Waals surface area (Å²) in [5.41, 5.74) is 2.88. The number of amides is 2. The average molecular weight is 488 g/mol. The zero-order valence-electron chi connectivity index (χ0n) is 16.7. The van der Waals surface area contributed by atoms with Gasteiger partial charge in [0, 0.05) is 21.8 Å². The smallest absolute Gasteiger partial charge is 0.412 e. The van der Waals surface area contributed by atoms with Gasteiger partial charge in [0.1, 0.15) is 11.9 Å². The summed E-state index contributed by atoms with van der Waals surface area (Å²) in [6.45, 7) is 1.86. The molecule has 162 valence electrons. The van der Waals surface area contributed by atoms with Crippen LogP contribution in [-0.4, -0.2) is 22.3 Å². The fraction of sp³-hybridized carbons (Fsp3) is 0.227. The minimum atomic E-state index is -0.768. The maximum atomic E-state index is 12.5. The Kier molecular flexibility index (Phi) is 9.06. The van der Waals surface area contributed by atoms with E-state index >= 15 is 0 Å². The van der Waals surface area contributed by atoms with E-state index in [0.29, 0.717) is 34.1 Å². The molecule has 0 bridgehead atoms. The summed E-state index contributed by atoms with van der Waals surface area (Å²) >= 11 is 3.36. The number of ether oxygens (including phenoxy) is 1. The largest absolute Gasteiger partial charge is 0.508 e. The molecule has 0 aliphatic carbocycles. The maximum Gasteiger partial charge on any atom is 0.412 e. The van der Waals surface area contributed by atoms with Crippen molar-refractivity contribution in [3.8, 4) is 11.8 Å². The lowest BCUT2D eigenvalue weighted by atomic mass is 9.92. The molecular weight excluding hydrogens is 466 g/mol. The molecule has 0 aromatic heterocycles. The quantitative estimate of drug-likeness (QED) is 0.240. The number of aromatic hydroxyl groups is 1. The van der Waals surface area contributed by atoms with Gasteiger partial charge in [0.05, 0.1) is 11.6 Å². The van der Waals surface area contributed by atoms with Gasteiger partial charge < -0.3 is 9.84 Å². The predicted molar refractivity (Wildman–Crippen MR) is 117 cm³/mol. The molecule has 0 saturated carbocycles. The fourth-order valence-electron chi connectivity index (χ4n) is 2.87. The topological polar surface area (TPSA) is 132 Å². The number of anilines is 1. The van der Waals surface area contributed by atoms with Crippen LogP contribution in [0.2, 0.25) is 0 Å². The maximum absolute atomic E-state index is 12.5. The Morgan fingerprint density at radius 2 is 1.97 bits per heavy atom. The number of halogens is 1. The summed E-state index contributed by atoms with van der Waals surface area (Å²) in [6, 6.07) is 13.2. The third-order valence-electron chi connectivity index (χ3n) is 4.48. The number of phenols is 1. The van der Waals surface area contributed by atoms with Gasteiger partial charge >= 0.3 is 6.09 Å². The molecule has 2 aromatic carbocycles. The first-order valence-electron chi connectivity index (χ1n) is 9.41. The normalized spacial score (nSPS) is 12.6. The van der Waals surface area contributed by atoms with Crippen molar-refractivity contribution in [3.05, 3.63) is 70.2 Å². The van der Waals surface area contributed by atoms with Crippen molar-refractivity contribution in [1.82, 2.24) is 5.48 Å². The summed E-state index contributed by atoms with van der Waals surface area (Å²) in [5.74, 6) is -0.859. The van der Waals surface area contributed by atoms with Crippen LogP contribution in [0.3, 0.4) is 0 Å². The van der Waals surface area contributed by atoms with Crippen molar-refractivity contribution in [2.24, 2.45) is 5.92 Å². The van der Waals surface area contributed by atoms with Gasteiger partial charge in [0.2, 0.25) is 0 Å². The molecule has 0 saturated heterocycles. The van der Waals surface area contributed by atoms with Crippen LogP contribution in [0.15, 0.2) is 59.1 Å². The summed E-state index contributed by atoms with van der Waals surface area (Å²) in [6.07, 6.45) is 2.34. The van der Waals surface area contributed by atoms with Gasteiger partial charge in [-0.3, -0.25) is 15.3 Å². The molecule has 0 aliphatic heterocycles. The average Bonchev–Trinajstić information content (AvgIpc) is 2.77. The number of hydrogen-bond acceptors (Lipinski definition) is 6. The lowest BCUT2D eigenvalue weighted by Gasteiger charge is -2.25. The minimum Gasteiger partial charge on any atom is -0.508 e. The first kappa shape index (κ1) is 23.9. The van der Waals surface area contributed by atoms with Crippen molar-refractivity contribution in [3.63, 3.8) is 0 Å². The highest BCUT2D eigenvalue weighted by molar-refractivity contribution is 9.10. The van der Waals surface area contributed by atoms with Gasteiger partial charge in [0.15, 0.2) is 0 Å². The van der Waals surface area contributed by atoms with Crippen LogP contribution in [0.1, 0.15) is 37.0 Å².